The summed E-state index contributed by atoms with van der Waals surface area (Å²) in [6, 6.07) is 9.83. The number of aryl methyl sites for hydroxylation is 1. The summed E-state index contributed by atoms with van der Waals surface area (Å²) in [6.07, 6.45) is 3.77. The Balaban J connectivity index is 2.14. The lowest BCUT2D eigenvalue weighted by Gasteiger charge is -2.23. The molecule has 1 N–H and O–H groups in total. The Bertz CT molecular complexity index is 580. The minimum absolute atomic E-state index is 0.0983. The number of nitrogens with one attached hydrogen (secondary N) is 1. The number of ether oxygens (including phenoxy) is 1. The van der Waals surface area contributed by atoms with Crippen molar-refractivity contribution in [2.75, 3.05) is 7.11 Å². The van der Waals surface area contributed by atoms with Gasteiger partial charge in [-0.2, -0.15) is 5.10 Å². The molecule has 0 aliphatic rings. The van der Waals surface area contributed by atoms with Gasteiger partial charge in [0, 0.05) is 31.4 Å². The first kappa shape index (κ1) is 15.3. The fraction of sp³-hybridized carbons (Fsp3) is 0.375. The summed E-state index contributed by atoms with van der Waals surface area (Å²) < 4.78 is 6.64. The highest BCUT2D eigenvalue weighted by molar-refractivity contribution is 5.73. The first-order valence-electron chi connectivity index (χ1n) is 6.95. The van der Waals surface area contributed by atoms with Crippen LogP contribution in [0.1, 0.15) is 24.1 Å². The van der Waals surface area contributed by atoms with Crippen molar-refractivity contribution in [2.45, 2.75) is 19.5 Å². The summed E-state index contributed by atoms with van der Waals surface area (Å²) >= 11 is 0. The number of benzene rings is 1. The van der Waals surface area contributed by atoms with E-state index in [2.05, 4.69) is 10.4 Å². The zero-order chi connectivity index (χ0) is 15.2. The number of carbonyl (C=O) groups excluding carboxylic acids is 1. The largest absolute Gasteiger partial charge is 0.469 e. The molecule has 2 rings (SSSR count). The fourth-order valence-corrected chi connectivity index (χ4v) is 2.36. The van der Waals surface area contributed by atoms with Crippen LogP contribution in [-0.4, -0.2) is 22.9 Å². The maximum absolute atomic E-state index is 11.9. The highest BCUT2D eigenvalue weighted by atomic mass is 16.5. The molecule has 2 atom stereocenters. The number of methoxy groups -OCH3 is 1. The Morgan fingerprint density at radius 2 is 2.10 bits per heavy atom. The van der Waals surface area contributed by atoms with Crippen LogP contribution in [0, 0.1) is 5.92 Å². The minimum Gasteiger partial charge on any atom is -0.469 e. The van der Waals surface area contributed by atoms with Crippen LogP contribution in [0.15, 0.2) is 42.7 Å². The summed E-state index contributed by atoms with van der Waals surface area (Å²) in [5, 5.41) is 7.57. The highest BCUT2D eigenvalue weighted by Gasteiger charge is 2.25. The summed E-state index contributed by atoms with van der Waals surface area (Å²) in [5.41, 5.74) is 2.15. The van der Waals surface area contributed by atoms with E-state index >= 15 is 0 Å². The van der Waals surface area contributed by atoms with Crippen molar-refractivity contribution in [1.82, 2.24) is 15.1 Å². The predicted molar refractivity (Wildman–Crippen MR) is 80.4 cm³/mol. The topological polar surface area (TPSA) is 56.1 Å². The standard InChI is InChI=1S/C16H21N3O2/c1-12(16(20)21-3)15(14-7-5-4-6-8-14)17-9-13-10-18-19(2)11-13/h4-8,10-12,15,17H,9H2,1-3H3/t12-,15+/m1/s1. The number of aromatic nitrogens is 2. The van der Waals surface area contributed by atoms with Crippen molar-refractivity contribution in [3.63, 3.8) is 0 Å². The Kier molecular flexibility index (Phi) is 5.11. The van der Waals surface area contributed by atoms with Crippen molar-refractivity contribution in [3.8, 4) is 0 Å². The maximum Gasteiger partial charge on any atom is 0.310 e. The molecule has 0 saturated carbocycles. The van der Waals surface area contributed by atoms with E-state index in [4.69, 9.17) is 4.74 Å². The number of nitrogens with zero attached hydrogens (tertiary/aromatic N) is 2. The van der Waals surface area contributed by atoms with E-state index in [-0.39, 0.29) is 17.9 Å². The molecule has 0 amide bonds. The van der Waals surface area contributed by atoms with Gasteiger partial charge in [0.2, 0.25) is 0 Å². The fourth-order valence-electron chi connectivity index (χ4n) is 2.36. The lowest BCUT2D eigenvalue weighted by atomic mass is 9.94. The van der Waals surface area contributed by atoms with Gasteiger partial charge in [-0.25, -0.2) is 0 Å². The number of esters is 1. The van der Waals surface area contributed by atoms with Gasteiger partial charge in [0.1, 0.15) is 0 Å². The van der Waals surface area contributed by atoms with Gasteiger partial charge in [-0.1, -0.05) is 37.3 Å². The second-order valence-corrected chi connectivity index (χ2v) is 5.10. The molecule has 0 aliphatic heterocycles. The van der Waals surface area contributed by atoms with Gasteiger partial charge >= 0.3 is 5.97 Å². The van der Waals surface area contributed by atoms with Crippen molar-refractivity contribution in [1.29, 1.82) is 0 Å². The Labute approximate surface area is 124 Å². The Hall–Kier alpha value is -2.14. The maximum atomic E-state index is 11.9. The number of rotatable bonds is 6. The molecule has 21 heavy (non-hydrogen) atoms. The van der Waals surface area contributed by atoms with Crippen LogP contribution in [0.5, 0.6) is 0 Å². The summed E-state index contributed by atoms with van der Waals surface area (Å²) in [5.74, 6) is -0.489. The van der Waals surface area contributed by atoms with E-state index in [0.717, 1.165) is 11.1 Å². The number of hydrogen-bond acceptors (Lipinski definition) is 4. The summed E-state index contributed by atoms with van der Waals surface area (Å²) in [4.78, 5) is 11.9. The third-order valence-electron chi connectivity index (χ3n) is 3.52. The zero-order valence-corrected chi connectivity index (χ0v) is 12.6. The average Bonchev–Trinajstić information content (AvgIpc) is 2.93. The molecule has 5 heteroatoms. The molecule has 0 saturated heterocycles. The van der Waals surface area contributed by atoms with Gasteiger partial charge in [0.15, 0.2) is 0 Å². The SMILES string of the molecule is COC(=O)[C@H](C)[C@H](NCc1cnn(C)c1)c1ccccc1. The van der Waals surface area contributed by atoms with Gasteiger partial charge in [-0.3, -0.25) is 9.48 Å². The molecule has 112 valence electrons. The van der Waals surface area contributed by atoms with Crippen molar-refractivity contribution in [2.24, 2.45) is 13.0 Å². The van der Waals surface area contributed by atoms with Gasteiger partial charge in [0.05, 0.1) is 19.2 Å². The smallest absolute Gasteiger partial charge is 0.310 e. The molecule has 0 aliphatic carbocycles. The predicted octanol–water partition coefficient (Wildman–Crippen LogP) is 2.06. The van der Waals surface area contributed by atoms with E-state index in [1.165, 1.54) is 7.11 Å². The number of carbonyl (C=O) groups is 1. The second kappa shape index (κ2) is 7.04. The molecule has 1 aromatic carbocycles. The summed E-state index contributed by atoms with van der Waals surface area (Å²) in [6.45, 7) is 2.52. The number of hydrogen-bond donors (Lipinski definition) is 1. The van der Waals surface area contributed by atoms with Crippen LogP contribution in [-0.2, 0) is 23.1 Å². The van der Waals surface area contributed by atoms with Crippen LogP contribution in [0.4, 0.5) is 0 Å². The molecular weight excluding hydrogens is 266 g/mol. The molecule has 0 fully saturated rings. The van der Waals surface area contributed by atoms with Crippen molar-refractivity contribution >= 4 is 5.97 Å². The molecular formula is C16H21N3O2. The molecule has 0 unspecified atom stereocenters. The average molecular weight is 287 g/mol. The minimum atomic E-state index is -0.269. The van der Waals surface area contributed by atoms with Crippen LogP contribution >= 0.6 is 0 Å². The van der Waals surface area contributed by atoms with Gasteiger partial charge in [-0.15, -0.1) is 0 Å². The van der Waals surface area contributed by atoms with E-state index in [9.17, 15) is 4.79 Å². The van der Waals surface area contributed by atoms with Gasteiger partial charge < -0.3 is 10.1 Å². The molecule has 5 nitrogen and oxygen atoms in total. The molecule has 0 radical (unpaired) electrons. The van der Waals surface area contributed by atoms with Crippen LogP contribution in [0.25, 0.3) is 0 Å². The van der Waals surface area contributed by atoms with E-state index in [1.54, 1.807) is 4.68 Å². The monoisotopic (exact) mass is 287 g/mol. The van der Waals surface area contributed by atoms with E-state index in [0.29, 0.717) is 6.54 Å². The normalized spacial score (nSPS) is 13.7. The van der Waals surface area contributed by atoms with Crippen molar-refractivity contribution in [3.05, 3.63) is 53.9 Å². The first-order valence-corrected chi connectivity index (χ1v) is 6.95. The molecule has 1 aromatic heterocycles. The van der Waals surface area contributed by atoms with Crippen LogP contribution in [0.3, 0.4) is 0 Å². The molecule has 0 bridgehead atoms. The second-order valence-electron chi connectivity index (χ2n) is 5.10. The zero-order valence-electron chi connectivity index (χ0n) is 12.6. The van der Waals surface area contributed by atoms with Gasteiger partial charge in [0.25, 0.3) is 0 Å². The molecule has 0 spiro atoms. The Morgan fingerprint density at radius 3 is 2.67 bits per heavy atom. The molecule has 1 heterocycles. The van der Waals surface area contributed by atoms with E-state index < -0.39 is 0 Å². The Morgan fingerprint density at radius 1 is 1.38 bits per heavy atom. The third kappa shape index (κ3) is 3.92. The van der Waals surface area contributed by atoms with Crippen LogP contribution < -0.4 is 5.32 Å². The third-order valence-corrected chi connectivity index (χ3v) is 3.52. The lowest BCUT2D eigenvalue weighted by molar-refractivity contribution is -0.145. The van der Waals surface area contributed by atoms with Crippen LogP contribution in [0.2, 0.25) is 0 Å². The molecule has 2 aromatic rings. The van der Waals surface area contributed by atoms with E-state index in [1.807, 2.05) is 56.7 Å². The van der Waals surface area contributed by atoms with Gasteiger partial charge in [-0.05, 0) is 5.56 Å². The summed E-state index contributed by atoms with van der Waals surface area (Å²) in [7, 11) is 3.30. The lowest BCUT2D eigenvalue weighted by Crippen LogP contribution is -2.31. The highest BCUT2D eigenvalue weighted by Crippen LogP contribution is 2.23. The van der Waals surface area contributed by atoms with Crippen molar-refractivity contribution < 1.29 is 9.53 Å². The first-order chi connectivity index (χ1) is 10.1. The quantitative estimate of drug-likeness (QED) is 0.826.